The zero-order valence-electron chi connectivity index (χ0n) is 13.8. The monoisotopic (exact) mass is 278 g/mol. The highest BCUT2D eigenvalue weighted by atomic mass is 16.6. The van der Waals surface area contributed by atoms with Crippen LogP contribution < -0.4 is 0 Å². The van der Waals surface area contributed by atoms with Crippen LogP contribution in [0.25, 0.3) is 0 Å². The van der Waals surface area contributed by atoms with Crippen molar-refractivity contribution >= 4 is 5.97 Å². The van der Waals surface area contributed by atoms with Crippen molar-refractivity contribution < 1.29 is 9.53 Å². The number of hydrogen-bond donors (Lipinski definition) is 0. The van der Waals surface area contributed by atoms with E-state index < -0.39 is 5.41 Å². The summed E-state index contributed by atoms with van der Waals surface area (Å²) in [7, 11) is 0. The zero-order chi connectivity index (χ0) is 14.8. The summed E-state index contributed by atoms with van der Waals surface area (Å²) < 4.78 is 6.20. The second-order valence-corrected chi connectivity index (χ2v) is 9.37. The van der Waals surface area contributed by atoms with Crippen LogP contribution in [0.4, 0.5) is 0 Å². The van der Waals surface area contributed by atoms with Gasteiger partial charge in [0.2, 0.25) is 0 Å². The maximum atomic E-state index is 12.8. The smallest absolute Gasteiger partial charge is 0.312 e. The lowest BCUT2D eigenvalue weighted by Gasteiger charge is -2.56. The summed E-state index contributed by atoms with van der Waals surface area (Å²) >= 11 is 0. The number of esters is 1. The van der Waals surface area contributed by atoms with E-state index in [2.05, 4.69) is 20.8 Å². The van der Waals surface area contributed by atoms with Gasteiger partial charge >= 0.3 is 5.97 Å². The van der Waals surface area contributed by atoms with Crippen molar-refractivity contribution in [2.24, 2.45) is 28.6 Å². The number of rotatable bonds is 2. The van der Waals surface area contributed by atoms with Gasteiger partial charge in [-0.1, -0.05) is 20.8 Å². The molecule has 0 saturated heterocycles. The van der Waals surface area contributed by atoms with Gasteiger partial charge in [0.15, 0.2) is 0 Å². The molecule has 20 heavy (non-hydrogen) atoms. The molecule has 4 aliphatic rings. The lowest BCUT2D eigenvalue weighted by molar-refractivity contribution is -0.200. The van der Waals surface area contributed by atoms with Crippen molar-refractivity contribution in [2.75, 3.05) is 0 Å². The minimum Gasteiger partial charge on any atom is -0.459 e. The van der Waals surface area contributed by atoms with Crippen molar-refractivity contribution in [3.05, 3.63) is 0 Å². The Bertz CT molecular complexity index is 378. The molecule has 0 radical (unpaired) electrons. The molecule has 4 rings (SSSR count). The molecular weight excluding hydrogens is 248 g/mol. The average Bonchev–Trinajstić information content (AvgIpc) is 2.24. The minimum absolute atomic E-state index is 0.0203. The SMILES string of the molecule is CC(C)(C)C(C)(C)C(=O)OC12CC3CC(CC(C3)C1)C2. The second-order valence-electron chi connectivity index (χ2n) is 9.37. The molecule has 0 N–H and O–H groups in total. The average molecular weight is 278 g/mol. The highest BCUT2D eigenvalue weighted by Gasteiger charge is 2.55. The Kier molecular flexibility index (Phi) is 3.05. The fourth-order valence-electron chi connectivity index (χ4n) is 4.79. The topological polar surface area (TPSA) is 26.3 Å². The van der Waals surface area contributed by atoms with Crippen LogP contribution in [0.3, 0.4) is 0 Å². The molecule has 0 atom stereocenters. The van der Waals surface area contributed by atoms with E-state index >= 15 is 0 Å². The number of carbonyl (C=O) groups is 1. The van der Waals surface area contributed by atoms with Gasteiger partial charge in [0.1, 0.15) is 5.60 Å². The van der Waals surface area contributed by atoms with E-state index in [1.54, 1.807) is 0 Å². The highest BCUT2D eigenvalue weighted by molar-refractivity contribution is 5.77. The van der Waals surface area contributed by atoms with E-state index in [4.69, 9.17) is 4.74 Å². The summed E-state index contributed by atoms with van der Waals surface area (Å²) in [5.74, 6) is 2.50. The fraction of sp³-hybridized carbons (Fsp3) is 0.944. The summed E-state index contributed by atoms with van der Waals surface area (Å²) in [6.07, 6.45) is 7.55. The largest absolute Gasteiger partial charge is 0.459 e. The van der Waals surface area contributed by atoms with Gasteiger partial charge < -0.3 is 4.74 Å². The van der Waals surface area contributed by atoms with E-state index in [0.29, 0.717) is 0 Å². The van der Waals surface area contributed by atoms with Crippen molar-refractivity contribution in [3.63, 3.8) is 0 Å². The van der Waals surface area contributed by atoms with Crippen molar-refractivity contribution in [1.29, 1.82) is 0 Å². The lowest BCUT2D eigenvalue weighted by Crippen LogP contribution is -2.54. The zero-order valence-corrected chi connectivity index (χ0v) is 13.8. The number of hydrogen-bond acceptors (Lipinski definition) is 2. The Labute approximate surface area is 123 Å². The van der Waals surface area contributed by atoms with Gasteiger partial charge in [0.25, 0.3) is 0 Å². The van der Waals surface area contributed by atoms with Crippen LogP contribution in [0, 0.1) is 28.6 Å². The van der Waals surface area contributed by atoms with Gasteiger partial charge in [-0.25, -0.2) is 0 Å². The van der Waals surface area contributed by atoms with E-state index in [1.807, 2.05) is 13.8 Å². The van der Waals surface area contributed by atoms with Crippen LogP contribution in [0.15, 0.2) is 0 Å². The molecule has 4 saturated carbocycles. The molecule has 4 fully saturated rings. The van der Waals surface area contributed by atoms with Gasteiger partial charge in [-0.05, 0) is 75.5 Å². The standard InChI is InChI=1S/C18H30O2/c1-16(2,3)17(4,5)15(19)20-18-9-12-6-13(10-18)8-14(7-12)11-18/h12-14H,6-11H2,1-5H3. The molecule has 0 spiro atoms. The van der Waals surface area contributed by atoms with Crippen LogP contribution in [0.2, 0.25) is 0 Å². The van der Waals surface area contributed by atoms with Gasteiger partial charge in [0.05, 0.1) is 5.41 Å². The van der Waals surface area contributed by atoms with Crippen LogP contribution in [0.5, 0.6) is 0 Å². The van der Waals surface area contributed by atoms with E-state index in [9.17, 15) is 4.79 Å². The van der Waals surface area contributed by atoms with Crippen molar-refractivity contribution in [3.8, 4) is 0 Å². The summed E-state index contributed by atoms with van der Waals surface area (Å²) in [5, 5.41) is 0. The molecule has 4 bridgehead atoms. The van der Waals surface area contributed by atoms with Gasteiger partial charge in [0, 0.05) is 0 Å². The maximum Gasteiger partial charge on any atom is 0.312 e. The third-order valence-electron chi connectivity index (χ3n) is 6.68. The second kappa shape index (κ2) is 4.24. The number of carbonyl (C=O) groups excluding carboxylic acids is 1. The predicted molar refractivity (Wildman–Crippen MR) is 80.2 cm³/mol. The molecule has 0 aromatic carbocycles. The fourth-order valence-corrected chi connectivity index (χ4v) is 4.79. The third-order valence-corrected chi connectivity index (χ3v) is 6.68. The molecule has 0 aliphatic heterocycles. The van der Waals surface area contributed by atoms with Gasteiger partial charge in [-0.2, -0.15) is 0 Å². The molecule has 0 unspecified atom stereocenters. The maximum absolute atomic E-state index is 12.8. The lowest BCUT2D eigenvalue weighted by atomic mass is 9.54. The Morgan fingerprint density at radius 2 is 1.30 bits per heavy atom. The third kappa shape index (κ3) is 2.19. The van der Waals surface area contributed by atoms with E-state index in [0.717, 1.165) is 37.0 Å². The Morgan fingerprint density at radius 3 is 1.65 bits per heavy atom. The summed E-state index contributed by atoms with van der Waals surface area (Å²) in [5.41, 5.74) is -0.586. The van der Waals surface area contributed by atoms with Crippen molar-refractivity contribution in [2.45, 2.75) is 78.7 Å². The molecule has 2 heteroatoms. The Morgan fingerprint density at radius 1 is 0.900 bits per heavy atom. The Balaban J connectivity index is 1.76. The quantitative estimate of drug-likeness (QED) is 0.692. The van der Waals surface area contributed by atoms with Crippen molar-refractivity contribution in [1.82, 2.24) is 0 Å². The number of ether oxygens (including phenoxy) is 1. The highest BCUT2D eigenvalue weighted by Crippen LogP contribution is 2.57. The first-order chi connectivity index (χ1) is 9.11. The van der Waals surface area contributed by atoms with E-state index in [-0.39, 0.29) is 17.0 Å². The molecule has 0 amide bonds. The summed E-state index contributed by atoms with van der Waals surface area (Å²) in [6.45, 7) is 10.5. The van der Waals surface area contributed by atoms with Crippen LogP contribution >= 0.6 is 0 Å². The Hall–Kier alpha value is -0.530. The molecular formula is C18H30O2. The molecule has 0 heterocycles. The summed E-state index contributed by atoms with van der Waals surface area (Å²) in [4.78, 5) is 12.8. The first-order valence-corrected chi connectivity index (χ1v) is 8.35. The first kappa shape index (κ1) is 14.4. The van der Waals surface area contributed by atoms with Crippen LogP contribution in [-0.4, -0.2) is 11.6 Å². The molecule has 2 nitrogen and oxygen atoms in total. The predicted octanol–water partition coefficient (Wildman–Crippen LogP) is 4.57. The normalized spacial score (nSPS) is 40.0. The van der Waals surface area contributed by atoms with Crippen LogP contribution in [0.1, 0.15) is 73.1 Å². The molecule has 4 aliphatic carbocycles. The van der Waals surface area contributed by atoms with Crippen LogP contribution in [-0.2, 0) is 9.53 Å². The van der Waals surface area contributed by atoms with Gasteiger partial charge in [-0.3, -0.25) is 4.79 Å². The van der Waals surface area contributed by atoms with Gasteiger partial charge in [-0.15, -0.1) is 0 Å². The molecule has 0 aromatic rings. The molecule has 0 aromatic heterocycles. The summed E-state index contributed by atoms with van der Waals surface area (Å²) in [6, 6.07) is 0. The molecule has 114 valence electrons. The van der Waals surface area contributed by atoms with E-state index in [1.165, 1.54) is 19.3 Å². The minimum atomic E-state index is -0.420. The first-order valence-electron chi connectivity index (χ1n) is 8.35.